The highest BCUT2D eigenvalue weighted by atomic mass is 16.3. The second-order valence-corrected chi connectivity index (χ2v) is 7.16. The Morgan fingerprint density at radius 2 is 1.79 bits per heavy atom. The maximum atomic E-state index is 10.2. The number of β-amino-alcohol motifs (C(OH)–C–C–N with tert-alkyl or cyclic N) is 1. The van der Waals surface area contributed by atoms with Crippen molar-refractivity contribution in [3.8, 4) is 5.82 Å². The number of aryl methyl sites for hydroxylation is 1. The lowest BCUT2D eigenvalue weighted by Crippen LogP contribution is -2.37. The van der Waals surface area contributed by atoms with Crippen LogP contribution in [0.4, 0.5) is 5.82 Å². The summed E-state index contributed by atoms with van der Waals surface area (Å²) in [6.07, 6.45) is 9.01. The molecule has 4 rings (SSSR count). The van der Waals surface area contributed by atoms with Crippen LogP contribution in [-0.2, 0) is 0 Å². The first kappa shape index (κ1) is 15.6. The largest absolute Gasteiger partial charge is 0.391 e. The summed E-state index contributed by atoms with van der Waals surface area (Å²) < 4.78 is 1.74. The minimum Gasteiger partial charge on any atom is -0.391 e. The Balaban J connectivity index is 1.55. The summed E-state index contributed by atoms with van der Waals surface area (Å²) in [6, 6.07) is 6.31. The quantitative estimate of drug-likeness (QED) is 0.938. The van der Waals surface area contributed by atoms with Gasteiger partial charge < -0.3 is 10.0 Å². The summed E-state index contributed by atoms with van der Waals surface area (Å²) >= 11 is 0. The third kappa shape index (κ3) is 3.02. The molecule has 0 aromatic carbocycles. The molecule has 1 N–H and O–H groups in total. The van der Waals surface area contributed by atoms with Gasteiger partial charge in [-0.15, -0.1) is 10.2 Å². The first-order valence-corrected chi connectivity index (χ1v) is 9.02. The van der Waals surface area contributed by atoms with Gasteiger partial charge in [-0.1, -0.05) is 19.3 Å². The Morgan fingerprint density at radius 1 is 1.04 bits per heavy atom. The molecule has 3 heterocycles. The summed E-state index contributed by atoms with van der Waals surface area (Å²) in [5.74, 6) is 2.27. The molecule has 128 valence electrons. The molecule has 6 heteroatoms. The number of nitrogens with zero attached hydrogens (tertiary/aromatic N) is 5. The van der Waals surface area contributed by atoms with Crippen molar-refractivity contribution >= 4 is 5.82 Å². The van der Waals surface area contributed by atoms with Crippen LogP contribution in [0.15, 0.2) is 24.4 Å². The fraction of sp³-hybridized carbons (Fsp3) is 0.611. The zero-order valence-electron chi connectivity index (χ0n) is 14.2. The minimum atomic E-state index is -0.257. The van der Waals surface area contributed by atoms with Crippen molar-refractivity contribution in [1.29, 1.82) is 0 Å². The van der Waals surface area contributed by atoms with Crippen LogP contribution in [0.1, 0.15) is 44.2 Å². The molecule has 6 nitrogen and oxygen atoms in total. The molecule has 1 aliphatic carbocycles. The van der Waals surface area contributed by atoms with Crippen molar-refractivity contribution in [3.63, 3.8) is 0 Å². The first-order valence-electron chi connectivity index (χ1n) is 9.02. The minimum absolute atomic E-state index is 0.257. The molecular formula is C18H25N5O. The molecule has 0 amide bonds. The summed E-state index contributed by atoms with van der Waals surface area (Å²) in [5, 5.41) is 23.3. The van der Waals surface area contributed by atoms with E-state index in [0.29, 0.717) is 18.5 Å². The number of rotatable bonds is 3. The number of anilines is 1. The van der Waals surface area contributed by atoms with Gasteiger partial charge in [0, 0.05) is 18.8 Å². The van der Waals surface area contributed by atoms with Crippen molar-refractivity contribution in [3.05, 3.63) is 30.1 Å². The third-order valence-corrected chi connectivity index (χ3v) is 5.40. The lowest BCUT2D eigenvalue weighted by atomic mass is 9.83. The van der Waals surface area contributed by atoms with Crippen LogP contribution >= 0.6 is 0 Å². The molecule has 1 aliphatic heterocycles. The third-order valence-electron chi connectivity index (χ3n) is 5.40. The predicted molar refractivity (Wildman–Crippen MR) is 92.2 cm³/mol. The summed E-state index contributed by atoms with van der Waals surface area (Å²) in [7, 11) is 0. The van der Waals surface area contributed by atoms with Gasteiger partial charge in [-0.2, -0.15) is 5.10 Å². The molecule has 0 spiro atoms. The summed E-state index contributed by atoms with van der Waals surface area (Å²) in [4.78, 5) is 2.27. The van der Waals surface area contributed by atoms with Gasteiger partial charge in [0.2, 0.25) is 0 Å². The van der Waals surface area contributed by atoms with E-state index in [9.17, 15) is 5.11 Å². The van der Waals surface area contributed by atoms with Gasteiger partial charge in [0.1, 0.15) is 0 Å². The summed E-state index contributed by atoms with van der Waals surface area (Å²) in [5.41, 5.74) is 0.959. The highest BCUT2D eigenvalue weighted by molar-refractivity contribution is 5.43. The number of hydrogen-bond acceptors (Lipinski definition) is 5. The Kier molecular flexibility index (Phi) is 4.22. The van der Waals surface area contributed by atoms with E-state index in [1.807, 2.05) is 31.3 Å². The highest BCUT2D eigenvalue weighted by Gasteiger charge is 2.37. The lowest BCUT2D eigenvalue weighted by molar-refractivity contribution is 0.185. The molecule has 2 unspecified atom stereocenters. The molecule has 24 heavy (non-hydrogen) atoms. The maximum absolute atomic E-state index is 10.2. The lowest BCUT2D eigenvalue weighted by Gasteiger charge is -2.34. The van der Waals surface area contributed by atoms with Crippen molar-refractivity contribution in [1.82, 2.24) is 20.0 Å². The number of aliphatic hydroxyl groups excluding tert-OH is 1. The summed E-state index contributed by atoms with van der Waals surface area (Å²) in [6.45, 7) is 2.62. The first-order chi connectivity index (χ1) is 11.7. The number of hydrogen-bond donors (Lipinski definition) is 1. The van der Waals surface area contributed by atoms with Gasteiger partial charge in [0.25, 0.3) is 0 Å². The smallest absolute Gasteiger partial charge is 0.175 e. The van der Waals surface area contributed by atoms with Crippen molar-refractivity contribution in [2.45, 2.75) is 57.6 Å². The van der Waals surface area contributed by atoms with Crippen molar-refractivity contribution < 1.29 is 5.11 Å². The molecule has 2 aliphatic rings. The van der Waals surface area contributed by atoms with Crippen LogP contribution in [0, 0.1) is 12.8 Å². The average Bonchev–Trinajstić information content (AvgIpc) is 3.22. The Bertz CT molecular complexity index is 677. The van der Waals surface area contributed by atoms with Crippen LogP contribution in [0.3, 0.4) is 0 Å². The van der Waals surface area contributed by atoms with Crippen LogP contribution in [0.5, 0.6) is 0 Å². The van der Waals surface area contributed by atoms with Gasteiger partial charge in [0.15, 0.2) is 11.6 Å². The Labute approximate surface area is 142 Å². The van der Waals surface area contributed by atoms with Gasteiger partial charge in [-0.05, 0) is 50.3 Å². The monoisotopic (exact) mass is 327 g/mol. The number of aromatic nitrogens is 4. The van der Waals surface area contributed by atoms with E-state index < -0.39 is 0 Å². The zero-order valence-corrected chi connectivity index (χ0v) is 14.2. The molecule has 0 bridgehead atoms. The molecule has 2 aromatic rings. The number of aliphatic hydroxyl groups is 1. The van der Waals surface area contributed by atoms with Crippen LogP contribution in [0.25, 0.3) is 5.82 Å². The van der Waals surface area contributed by atoms with Crippen molar-refractivity contribution in [2.24, 2.45) is 5.92 Å². The van der Waals surface area contributed by atoms with E-state index in [0.717, 1.165) is 23.8 Å². The van der Waals surface area contributed by atoms with Gasteiger partial charge in [0.05, 0.1) is 11.8 Å². The SMILES string of the molecule is Cc1ccn(-c2ccc(N3CC(O)CC3C3CCCCC3)nn2)n1. The van der Waals surface area contributed by atoms with E-state index in [-0.39, 0.29) is 6.10 Å². The predicted octanol–water partition coefficient (Wildman–Crippen LogP) is 2.49. The average molecular weight is 327 g/mol. The molecule has 2 fully saturated rings. The molecular weight excluding hydrogens is 302 g/mol. The topological polar surface area (TPSA) is 67.1 Å². The van der Waals surface area contributed by atoms with Crippen molar-refractivity contribution in [2.75, 3.05) is 11.4 Å². The van der Waals surface area contributed by atoms with E-state index in [1.54, 1.807) is 4.68 Å². The molecule has 2 atom stereocenters. The van der Waals surface area contributed by atoms with E-state index in [4.69, 9.17) is 0 Å². The van der Waals surface area contributed by atoms with Crippen LogP contribution in [-0.4, -0.2) is 43.8 Å². The van der Waals surface area contributed by atoms with Gasteiger partial charge >= 0.3 is 0 Å². The second kappa shape index (κ2) is 6.51. The Morgan fingerprint density at radius 3 is 2.46 bits per heavy atom. The van der Waals surface area contributed by atoms with E-state index in [2.05, 4.69) is 20.2 Å². The Hall–Kier alpha value is -1.95. The molecule has 1 saturated carbocycles. The van der Waals surface area contributed by atoms with Gasteiger partial charge in [-0.3, -0.25) is 0 Å². The molecule has 2 aromatic heterocycles. The van der Waals surface area contributed by atoms with E-state index in [1.165, 1.54) is 32.1 Å². The zero-order chi connectivity index (χ0) is 16.5. The van der Waals surface area contributed by atoms with Crippen LogP contribution < -0.4 is 4.90 Å². The normalized spacial score (nSPS) is 25.3. The highest BCUT2D eigenvalue weighted by Crippen LogP contribution is 2.36. The fourth-order valence-electron chi connectivity index (χ4n) is 4.21. The van der Waals surface area contributed by atoms with Crippen LogP contribution in [0.2, 0.25) is 0 Å². The maximum Gasteiger partial charge on any atom is 0.175 e. The van der Waals surface area contributed by atoms with Gasteiger partial charge in [-0.25, -0.2) is 4.68 Å². The van der Waals surface area contributed by atoms with E-state index >= 15 is 0 Å². The second-order valence-electron chi connectivity index (χ2n) is 7.16. The standard InChI is InChI=1S/C18H25N5O/c1-13-9-10-23(21-13)18-8-7-17(19-20-18)22-12-15(24)11-16(22)14-5-3-2-4-6-14/h7-10,14-16,24H,2-6,11-12H2,1H3. The fourth-order valence-corrected chi connectivity index (χ4v) is 4.21. The molecule has 0 radical (unpaired) electrons. The molecule has 1 saturated heterocycles.